The smallest absolute Gasteiger partial charge is 0.0627 e. The third kappa shape index (κ3) is 2.39. The molecule has 2 fully saturated rings. The summed E-state index contributed by atoms with van der Waals surface area (Å²) in [5.74, 6) is 0.492. The Morgan fingerprint density at radius 2 is 1.62 bits per heavy atom. The minimum absolute atomic E-state index is 0.102. The fourth-order valence-electron chi connectivity index (χ4n) is 3.83. The average molecular weight is 279 g/mol. The van der Waals surface area contributed by atoms with Gasteiger partial charge in [-0.15, -0.1) is 0 Å². The van der Waals surface area contributed by atoms with Crippen molar-refractivity contribution >= 4 is 0 Å². The molecule has 108 valence electrons. The second kappa shape index (κ2) is 5.28. The van der Waals surface area contributed by atoms with Crippen LogP contribution in [0.15, 0.2) is 54.6 Å². The highest BCUT2D eigenvalue weighted by molar-refractivity contribution is 5.63. The minimum Gasteiger partial charge on any atom is -0.375 e. The van der Waals surface area contributed by atoms with E-state index in [1.807, 2.05) is 6.07 Å². The first kappa shape index (κ1) is 13.1. The van der Waals surface area contributed by atoms with Crippen molar-refractivity contribution in [2.45, 2.75) is 37.5 Å². The van der Waals surface area contributed by atoms with E-state index in [0.29, 0.717) is 18.1 Å². The van der Waals surface area contributed by atoms with E-state index in [1.165, 1.54) is 29.5 Å². The van der Waals surface area contributed by atoms with E-state index < -0.39 is 0 Å². The van der Waals surface area contributed by atoms with Gasteiger partial charge in [0.25, 0.3) is 0 Å². The van der Waals surface area contributed by atoms with Crippen LogP contribution in [0.25, 0.3) is 11.1 Å². The molecule has 2 aliphatic rings. The highest BCUT2D eigenvalue weighted by Gasteiger charge is 2.43. The zero-order valence-electron chi connectivity index (χ0n) is 12.1. The highest BCUT2D eigenvalue weighted by atomic mass is 16.5. The molecule has 2 bridgehead atoms. The normalized spacial score (nSPS) is 28.7. The van der Waals surface area contributed by atoms with Crippen LogP contribution in [0, 0.1) is 5.92 Å². The van der Waals surface area contributed by atoms with Gasteiger partial charge in [-0.05, 0) is 36.0 Å². The molecule has 2 aliphatic heterocycles. The van der Waals surface area contributed by atoms with Crippen molar-refractivity contribution in [2.75, 3.05) is 0 Å². The summed E-state index contributed by atoms with van der Waals surface area (Å²) in [6.45, 7) is 0. The fourth-order valence-corrected chi connectivity index (χ4v) is 3.83. The fraction of sp³-hybridized carbons (Fsp3) is 0.368. The number of benzene rings is 2. The molecule has 2 nitrogen and oxygen atoms in total. The first-order chi connectivity index (χ1) is 10.3. The molecule has 0 aliphatic carbocycles. The molecule has 0 saturated carbocycles. The van der Waals surface area contributed by atoms with Gasteiger partial charge in [0, 0.05) is 12.0 Å². The number of ether oxygens (including phenoxy) is 1. The molecule has 2 saturated heterocycles. The van der Waals surface area contributed by atoms with E-state index in [9.17, 15) is 0 Å². The molecule has 2 heteroatoms. The van der Waals surface area contributed by atoms with Crippen LogP contribution < -0.4 is 5.73 Å². The molecular weight excluding hydrogens is 258 g/mol. The number of nitrogens with two attached hydrogens (primary N) is 1. The summed E-state index contributed by atoms with van der Waals surface area (Å²) in [7, 11) is 0. The van der Waals surface area contributed by atoms with E-state index >= 15 is 0 Å². The van der Waals surface area contributed by atoms with Crippen LogP contribution >= 0.6 is 0 Å². The maximum absolute atomic E-state index is 6.50. The van der Waals surface area contributed by atoms with Crippen LogP contribution in [-0.4, -0.2) is 12.2 Å². The molecule has 4 rings (SSSR count). The molecule has 2 aromatic carbocycles. The third-order valence-electron chi connectivity index (χ3n) is 5.02. The van der Waals surface area contributed by atoms with Crippen LogP contribution in [0.3, 0.4) is 0 Å². The molecule has 4 unspecified atom stereocenters. The lowest BCUT2D eigenvalue weighted by Gasteiger charge is -2.25. The zero-order valence-corrected chi connectivity index (χ0v) is 12.1. The molecule has 0 radical (unpaired) electrons. The Labute approximate surface area is 125 Å². The highest BCUT2D eigenvalue weighted by Crippen LogP contribution is 2.43. The third-order valence-corrected chi connectivity index (χ3v) is 5.02. The lowest BCUT2D eigenvalue weighted by molar-refractivity contribution is 0.0885. The van der Waals surface area contributed by atoms with Gasteiger partial charge in [0.1, 0.15) is 0 Å². The van der Waals surface area contributed by atoms with Crippen molar-refractivity contribution in [2.24, 2.45) is 11.7 Å². The van der Waals surface area contributed by atoms with E-state index in [2.05, 4.69) is 48.5 Å². The quantitative estimate of drug-likeness (QED) is 0.924. The van der Waals surface area contributed by atoms with Crippen LogP contribution in [0.2, 0.25) is 0 Å². The van der Waals surface area contributed by atoms with Crippen molar-refractivity contribution in [1.29, 1.82) is 0 Å². The second-order valence-electron chi connectivity index (χ2n) is 6.29. The van der Waals surface area contributed by atoms with Crippen molar-refractivity contribution in [3.8, 4) is 11.1 Å². The standard InChI is InChI=1S/C19H21NO/c20-19(17-12-16-10-11-18(17)21-16)15-8-6-14(7-9-15)13-4-2-1-3-5-13/h1-9,16-19H,10-12,20H2. The van der Waals surface area contributed by atoms with Gasteiger partial charge >= 0.3 is 0 Å². The number of rotatable bonds is 3. The second-order valence-corrected chi connectivity index (χ2v) is 6.29. The summed E-state index contributed by atoms with van der Waals surface area (Å²) in [5, 5.41) is 0. The molecule has 0 spiro atoms. The van der Waals surface area contributed by atoms with Gasteiger partial charge in [0.15, 0.2) is 0 Å². The van der Waals surface area contributed by atoms with Gasteiger partial charge in [-0.3, -0.25) is 0 Å². The Balaban J connectivity index is 1.54. The minimum atomic E-state index is 0.102. The molecular formula is C19H21NO. The first-order valence-electron chi connectivity index (χ1n) is 7.88. The van der Waals surface area contributed by atoms with Crippen LogP contribution in [-0.2, 0) is 4.74 Å². The summed E-state index contributed by atoms with van der Waals surface area (Å²) in [6, 6.07) is 19.3. The van der Waals surface area contributed by atoms with E-state index in [4.69, 9.17) is 10.5 Å². The predicted molar refractivity (Wildman–Crippen MR) is 84.8 cm³/mol. The average Bonchev–Trinajstić information content (AvgIpc) is 3.18. The van der Waals surface area contributed by atoms with Gasteiger partial charge in [0.05, 0.1) is 12.2 Å². The van der Waals surface area contributed by atoms with Crippen molar-refractivity contribution in [1.82, 2.24) is 0 Å². The van der Waals surface area contributed by atoms with E-state index in [1.54, 1.807) is 0 Å². The molecule has 0 amide bonds. The molecule has 2 N–H and O–H groups in total. The Morgan fingerprint density at radius 1 is 0.905 bits per heavy atom. The predicted octanol–water partition coefficient (Wildman–Crippen LogP) is 3.92. The van der Waals surface area contributed by atoms with Gasteiger partial charge in [-0.1, -0.05) is 54.6 Å². The Bertz CT molecular complexity index is 607. The Kier molecular flexibility index (Phi) is 3.28. The Morgan fingerprint density at radius 3 is 2.24 bits per heavy atom. The molecule has 2 aromatic rings. The molecule has 2 heterocycles. The van der Waals surface area contributed by atoms with E-state index in [-0.39, 0.29) is 6.04 Å². The lowest BCUT2D eigenvalue weighted by Crippen LogP contribution is -2.29. The van der Waals surface area contributed by atoms with Crippen LogP contribution in [0.4, 0.5) is 0 Å². The van der Waals surface area contributed by atoms with Gasteiger partial charge in [-0.2, -0.15) is 0 Å². The molecule has 0 aromatic heterocycles. The summed E-state index contributed by atoms with van der Waals surface area (Å²) in [6.07, 6.45) is 4.39. The Hall–Kier alpha value is -1.64. The van der Waals surface area contributed by atoms with Crippen molar-refractivity contribution in [3.63, 3.8) is 0 Å². The lowest BCUT2D eigenvalue weighted by atomic mass is 9.81. The maximum Gasteiger partial charge on any atom is 0.0627 e. The molecule has 4 atom stereocenters. The number of fused-ring (bicyclic) bond motifs is 2. The summed E-state index contributed by atoms with van der Waals surface area (Å²) in [4.78, 5) is 0. The van der Waals surface area contributed by atoms with Crippen LogP contribution in [0.1, 0.15) is 30.9 Å². The maximum atomic E-state index is 6.50. The van der Waals surface area contributed by atoms with Gasteiger partial charge in [-0.25, -0.2) is 0 Å². The summed E-state index contributed by atoms with van der Waals surface area (Å²) in [5.41, 5.74) is 10.2. The monoisotopic (exact) mass is 279 g/mol. The van der Waals surface area contributed by atoms with Crippen molar-refractivity contribution < 1.29 is 4.74 Å². The van der Waals surface area contributed by atoms with Gasteiger partial charge in [0.2, 0.25) is 0 Å². The largest absolute Gasteiger partial charge is 0.375 e. The zero-order chi connectivity index (χ0) is 14.2. The van der Waals surface area contributed by atoms with E-state index in [0.717, 1.165) is 6.42 Å². The number of hydrogen-bond donors (Lipinski definition) is 1. The summed E-state index contributed by atoms with van der Waals surface area (Å²) >= 11 is 0. The summed E-state index contributed by atoms with van der Waals surface area (Å²) < 4.78 is 5.94. The van der Waals surface area contributed by atoms with Gasteiger partial charge < -0.3 is 10.5 Å². The van der Waals surface area contributed by atoms with Crippen LogP contribution in [0.5, 0.6) is 0 Å². The number of hydrogen-bond acceptors (Lipinski definition) is 2. The first-order valence-corrected chi connectivity index (χ1v) is 7.88. The van der Waals surface area contributed by atoms with Crippen molar-refractivity contribution in [3.05, 3.63) is 60.2 Å². The topological polar surface area (TPSA) is 35.2 Å². The molecule has 21 heavy (non-hydrogen) atoms. The SMILES string of the molecule is NC(c1ccc(-c2ccccc2)cc1)C1CC2CCC1O2.